The fraction of sp³-hybridized carbons (Fsp3) is 0.286. The number of benzene rings is 1. The van der Waals surface area contributed by atoms with Crippen molar-refractivity contribution in [2.45, 2.75) is 26.4 Å². The van der Waals surface area contributed by atoms with Gasteiger partial charge in [0, 0.05) is 12.2 Å². The summed E-state index contributed by atoms with van der Waals surface area (Å²) in [6.45, 7) is 4.70. The van der Waals surface area contributed by atoms with Crippen LogP contribution >= 0.6 is 0 Å². The van der Waals surface area contributed by atoms with Gasteiger partial charge in [0.2, 0.25) is 5.96 Å². The average Bonchev–Trinajstić information content (AvgIpc) is 2.86. The molecular weight excluding hydrogens is 252 g/mol. The van der Waals surface area contributed by atoms with Crippen LogP contribution in [0.15, 0.2) is 47.7 Å². The molecule has 1 heterocycles. The standard InChI is InChI=1S/C14H20N6/c1-11(2)17-14(19-15)18-13-8-16-20(10-13)9-12-6-4-3-5-7-12/h3-8,10-11H,9,15H2,1-2H3,(H2,17,18,19). The number of aliphatic imine (C=N–C) groups is 1. The van der Waals surface area contributed by atoms with E-state index in [1.54, 1.807) is 6.20 Å². The first-order valence-electron chi connectivity index (χ1n) is 6.55. The molecule has 20 heavy (non-hydrogen) atoms. The molecule has 0 radical (unpaired) electrons. The summed E-state index contributed by atoms with van der Waals surface area (Å²) < 4.78 is 1.86. The van der Waals surface area contributed by atoms with Crippen molar-refractivity contribution in [3.05, 3.63) is 48.3 Å². The molecule has 0 fully saturated rings. The quantitative estimate of drug-likeness (QED) is 0.341. The molecule has 1 aromatic carbocycles. The SMILES string of the molecule is CC(C)N=C(NN)Nc1cnn(Cc2ccccc2)c1. The minimum atomic E-state index is 0.160. The summed E-state index contributed by atoms with van der Waals surface area (Å²) in [6.07, 6.45) is 3.66. The van der Waals surface area contributed by atoms with E-state index in [1.165, 1.54) is 5.56 Å². The molecule has 106 valence electrons. The van der Waals surface area contributed by atoms with Gasteiger partial charge in [-0.25, -0.2) is 10.8 Å². The maximum absolute atomic E-state index is 5.43. The van der Waals surface area contributed by atoms with Crippen molar-refractivity contribution in [2.75, 3.05) is 5.32 Å². The summed E-state index contributed by atoms with van der Waals surface area (Å²) in [6, 6.07) is 10.3. The third-order valence-corrected chi connectivity index (χ3v) is 2.61. The van der Waals surface area contributed by atoms with E-state index in [-0.39, 0.29) is 6.04 Å². The fourth-order valence-corrected chi connectivity index (χ4v) is 1.79. The highest BCUT2D eigenvalue weighted by atomic mass is 15.3. The van der Waals surface area contributed by atoms with Crippen LogP contribution in [0.3, 0.4) is 0 Å². The monoisotopic (exact) mass is 272 g/mol. The number of hydrogen-bond donors (Lipinski definition) is 3. The molecule has 0 atom stereocenters. The predicted molar refractivity (Wildman–Crippen MR) is 81.3 cm³/mol. The van der Waals surface area contributed by atoms with E-state index in [2.05, 4.69) is 33.0 Å². The van der Waals surface area contributed by atoms with E-state index in [0.29, 0.717) is 5.96 Å². The third-order valence-electron chi connectivity index (χ3n) is 2.61. The van der Waals surface area contributed by atoms with Gasteiger partial charge >= 0.3 is 0 Å². The van der Waals surface area contributed by atoms with Crippen LogP contribution in [0, 0.1) is 0 Å². The van der Waals surface area contributed by atoms with E-state index < -0.39 is 0 Å². The van der Waals surface area contributed by atoms with Crippen LogP contribution in [-0.4, -0.2) is 21.8 Å². The maximum atomic E-state index is 5.43. The van der Waals surface area contributed by atoms with Gasteiger partial charge < -0.3 is 5.32 Å². The van der Waals surface area contributed by atoms with E-state index in [0.717, 1.165) is 12.2 Å². The zero-order chi connectivity index (χ0) is 14.4. The van der Waals surface area contributed by atoms with Gasteiger partial charge in [-0.2, -0.15) is 5.10 Å². The van der Waals surface area contributed by atoms with Crippen LogP contribution in [-0.2, 0) is 6.54 Å². The van der Waals surface area contributed by atoms with Crippen LogP contribution in [0.25, 0.3) is 0 Å². The van der Waals surface area contributed by atoms with Gasteiger partial charge in [0.15, 0.2) is 0 Å². The Labute approximate surface area is 118 Å². The number of aromatic nitrogens is 2. The molecule has 0 aliphatic rings. The fourth-order valence-electron chi connectivity index (χ4n) is 1.79. The Balaban J connectivity index is 2.02. The second-order valence-electron chi connectivity index (χ2n) is 4.75. The Kier molecular flexibility index (Phi) is 4.73. The second kappa shape index (κ2) is 6.72. The highest BCUT2D eigenvalue weighted by molar-refractivity contribution is 5.93. The van der Waals surface area contributed by atoms with Crippen LogP contribution in [0.1, 0.15) is 19.4 Å². The number of nitrogens with two attached hydrogens (primary N) is 1. The minimum absolute atomic E-state index is 0.160. The second-order valence-corrected chi connectivity index (χ2v) is 4.75. The van der Waals surface area contributed by atoms with Gasteiger partial charge in [-0.3, -0.25) is 10.1 Å². The molecule has 0 spiro atoms. The summed E-state index contributed by atoms with van der Waals surface area (Å²) in [5.41, 5.74) is 4.59. The molecule has 6 heteroatoms. The summed E-state index contributed by atoms with van der Waals surface area (Å²) in [5.74, 6) is 5.96. The number of anilines is 1. The van der Waals surface area contributed by atoms with E-state index in [4.69, 9.17) is 5.84 Å². The molecule has 0 aliphatic heterocycles. The zero-order valence-electron chi connectivity index (χ0n) is 11.7. The van der Waals surface area contributed by atoms with Crippen molar-refractivity contribution in [3.63, 3.8) is 0 Å². The van der Waals surface area contributed by atoms with Gasteiger partial charge in [0.05, 0.1) is 18.4 Å². The van der Waals surface area contributed by atoms with Crippen molar-refractivity contribution in [1.29, 1.82) is 0 Å². The Morgan fingerprint density at radius 3 is 2.75 bits per heavy atom. The van der Waals surface area contributed by atoms with E-state index >= 15 is 0 Å². The van der Waals surface area contributed by atoms with Crippen LogP contribution in [0.5, 0.6) is 0 Å². The molecule has 0 amide bonds. The molecule has 2 rings (SSSR count). The molecule has 0 bridgehead atoms. The first-order valence-corrected chi connectivity index (χ1v) is 6.55. The lowest BCUT2D eigenvalue weighted by molar-refractivity contribution is 0.687. The molecule has 2 aromatic rings. The number of nitrogens with zero attached hydrogens (tertiary/aromatic N) is 3. The van der Waals surface area contributed by atoms with Crippen LogP contribution in [0.4, 0.5) is 5.69 Å². The predicted octanol–water partition coefficient (Wildman–Crippen LogP) is 1.57. The number of hydrogen-bond acceptors (Lipinski definition) is 3. The van der Waals surface area contributed by atoms with Crippen molar-refractivity contribution in [1.82, 2.24) is 15.2 Å². The van der Waals surface area contributed by atoms with Gasteiger partial charge in [-0.05, 0) is 19.4 Å². The molecule has 1 aromatic heterocycles. The van der Waals surface area contributed by atoms with Crippen molar-refractivity contribution in [3.8, 4) is 0 Å². The van der Waals surface area contributed by atoms with Crippen molar-refractivity contribution in [2.24, 2.45) is 10.8 Å². The zero-order valence-corrected chi connectivity index (χ0v) is 11.7. The summed E-state index contributed by atoms with van der Waals surface area (Å²) >= 11 is 0. The first-order chi connectivity index (χ1) is 9.67. The van der Waals surface area contributed by atoms with E-state index in [1.807, 2.05) is 42.9 Å². The lowest BCUT2D eigenvalue weighted by Gasteiger charge is -2.08. The maximum Gasteiger partial charge on any atom is 0.210 e. The number of guanidine groups is 1. The van der Waals surface area contributed by atoms with Gasteiger partial charge in [0.25, 0.3) is 0 Å². The average molecular weight is 272 g/mol. The summed E-state index contributed by atoms with van der Waals surface area (Å²) in [5, 5.41) is 7.41. The molecule has 0 saturated heterocycles. The largest absolute Gasteiger partial charge is 0.323 e. The van der Waals surface area contributed by atoms with Gasteiger partial charge in [-0.15, -0.1) is 0 Å². The highest BCUT2D eigenvalue weighted by Crippen LogP contribution is 2.08. The lowest BCUT2D eigenvalue weighted by Crippen LogP contribution is -2.36. The highest BCUT2D eigenvalue weighted by Gasteiger charge is 2.03. The normalized spacial score (nSPS) is 11.7. The molecule has 4 N–H and O–H groups in total. The first kappa shape index (κ1) is 14.1. The molecule has 6 nitrogen and oxygen atoms in total. The molecule has 0 unspecified atom stereocenters. The summed E-state index contributed by atoms with van der Waals surface area (Å²) in [4.78, 5) is 4.32. The van der Waals surface area contributed by atoms with E-state index in [9.17, 15) is 0 Å². The third kappa shape index (κ3) is 4.10. The topological polar surface area (TPSA) is 80.3 Å². The number of rotatable bonds is 4. The Hall–Kier alpha value is -2.34. The van der Waals surface area contributed by atoms with Gasteiger partial charge in [0.1, 0.15) is 0 Å². The lowest BCUT2D eigenvalue weighted by atomic mass is 10.2. The van der Waals surface area contributed by atoms with Gasteiger partial charge in [-0.1, -0.05) is 30.3 Å². The molecular formula is C14H20N6. The number of nitrogens with one attached hydrogen (secondary N) is 2. The molecule has 0 aliphatic carbocycles. The minimum Gasteiger partial charge on any atom is -0.323 e. The smallest absolute Gasteiger partial charge is 0.210 e. The van der Waals surface area contributed by atoms with Crippen LogP contribution in [0.2, 0.25) is 0 Å². The van der Waals surface area contributed by atoms with Crippen molar-refractivity contribution < 1.29 is 0 Å². The van der Waals surface area contributed by atoms with Crippen molar-refractivity contribution >= 4 is 11.6 Å². The Morgan fingerprint density at radius 1 is 1.35 bits per heavy atom. The Bertz CT molecular complexity index is 558. The van der Waals surface area contributed by atoms with Crippen LogP contribution < -0.4 is 16.6 Å². The number of hydrazine groups is 1. The summed E-state index contributed by atoms with van der Waals surface area (Å²) in [7, 11) is 0. The Morgan fingerprint density at radius 2 is 2.10 bits per heavy atom. The molecule has 0 saturated carbocycles.